The van der Waals surface area contributed by atoms with Gasteiger partial charge in [-0.2, -0.15) is 0 Å². The summed E-state index contributed by atoms with van der Waals surface area (Å²) in [5.74, 6) is 1.70. The molecule has 0 saturated carbocycles. The third-order valence-corrected chi connectivity index (χ3v) is 5.85. The Morgan fingerprint density at radius 2 is 1.97 bits per heavy atom. The first-order valence-electron chi connectivity index (χ1n) is 9.50. The summed E-state index contributed by atoms with van der Waals surface area (Å²) in [6.07, 6.45) is 0.641. The van der Waals surface area contributed by atoms with Gasteiger partial charge in [0.05, 0.1) is 31.0 Å². The molecule has 0 aliphatic carbocycles. The van der Waals surface area contributed by atoms with Crippen molar-refractivity contribution < 1.29 is 14.3 Å². The molecule has 1 aromatic carbocycles. The molecule has 0 atom stereocenters. The molecule has 2 N–H and O–H groups in total. The van der Waals surface area contributed by atoms with Crippen LogP contribution < -0.4 is 20.3 Å². The summed E-state index contributed by atoms with van der Waals surface area (Å²) in [7, 11) is 6.99. The van der Waals surface area contributed by atoms with E-state index in [2.05, 4.69) is 15.3 Å². The van der Waals surface area contributed by atoms with Crippen molar-refractivity contribution in [2.45, 2.75) is 19.9 Å². The second kappa shape index (κ2) is 9.27. The van der Waals surface area contributed by atoms with Crippen LogP contribution in [0.4, 0.5) is 0 Å². The Balaban J connectivity index is 1.73. The predicted molar refractivity (Wildman–Crippen MR) is 118 cm³/mol. The summed E-state index contributed by atoms with van der Waals surface area (Å²) in [5, 5.41) is 3.41. The highest BCUT2D eigenvalue weighted by Crippen LogP contribution is 2.28. The van der Waals surface area contributed by atoms with E-state index in [0.717, 1.165) is 5.56 Å². The van der Waals surface area contributed by atoms with E-state index in [1.165, 1.54) is 11.3 Å². The van der Waals surface area contributed by atoms with Crippen LogP contribution in [0.1, 0.15) is 26.6 Å². The molecule has 0 aliphatic heterocycles. The zero-order valence-corrected chi connectivity index (χ0v) is 18.6. The summed E-state index contributed by atoms with van der Waals surface area (Å²) < 4.78 is 10.6. The fourth-order valence-electron chi connectivity index (χ4n) is 3.22. The number of nitrogens with zero attached hydrogens (tertiary/aromatic N) is 2. The molecule has 2 heterocycles. The fourth-order valence-corrected chi connectivity index (χ4v) is 4.33. The number of ether oxygens (including phenoxy) is 2. The third kappa shape index (κ3) is 4.63. The van der Waals surface area contributed by atoms with Crippen LogP contribution in [0.5, 0.6) is 11.5 Å². The van der Waals surface area contributed by atoms with Crippen LogP contribution in [0.15, 0.2) is 23.0 Å². The Bertz CT molecular complexity index is 1120. The molecule has 3 rings (SSSR count). The molecule has 160 valence electrons. The summed E-state index contributed by atoms with van der Waals surface area (Å²) in [5.41, 5.74) is 1.46. The monoisotopic (exact) mass is 430 g/mol. The van der Waals surface area contributed by atoms with Crippen LogP contribution in [-0.2, 0) is 13.0 Å². The molecule has 0 radical (unpaired) electrons. The summed E-state index contributed by atoms with van der Waals surface area (Å²) >= 11 is 1.25. The highest BCUT2D eigenvalue weighted by Gasteiger charge is 2.19. The Labute approximate surface area is 178 Å². The number of carbonyl (C=O) groups is 1. The molecule has 0 saturated heterocycles. The van der Waals surface area contributed by atoms with E-state index in [4.69, 9.17) is 9.47 Å². The first-order valence-corrected chi connectivity index (χ1v) is 10.3. The van der Waals surface area contributed by atoms with E-state index in [0.29, 0.717) is 57.5 Å². The van der Waals surface area contributed by atoms with Gasteiger partial charge in [0, 0.05) is 6.54 Å². The van der Waals surface area contributed by atoms with Gasteiger partial charge in [-0.15, -0.1) is 11.3 Å². The van der Waals surface area contributed by atoms with E-state index in [-0.39, 0.29) is 11.5 Å². The lowest BCUT2D eigenvalue weighted by atomic mass is 10.1. The van der Waals surface area contributed by atoms with E-state index >= 15 is 0 Å². The van der Waals surface area contributed by atoms with Gasteiger partial charge >= 0.3 is 0 Å². The van der Waals surface area contributed by atoms with E-state index < -0.39 is 0 Å². The van der Waals surface area contributed by atoms with Crippen LogP contribution in [0.3, 0.4) is 0 Å². The number of benzene rings is 1. The van der Waals surface area contributed by atoms with Crippen LogP contribution in [0, 0.1) is 6.92 Å². The number of aromatic nitrogens is 2. The fraction of sp³-hybridized carbons (Fsp3) is 0.381. The lowest BCUT2D eigenvalue weighted by Gasteiger charge is -2.10. The van der Waals surface area contributed by atoms with Gasteiger partial charge in [-0.3, -0.25) is 9.59 Å². The highest BCUT2D eigenvalue weighted by molar-refractivity contribution is 7.20. The van der Waals surface area contributed by atoms with E-state index in [1.54, 1.807) is 21.1 Å². The molecule has 0 fully saturated rings. The molecule has 8 nitrogen and oxygen atoms in total. The number of hydrogen-bond donors (Lipinski definition) is 2. The van der Waals surface area contributed by atoms with Crippen molar-refractivity contribution in [3.8, 4) is 11.5 Å². The number of aromatic amines is 1. The van der Waals surface area contributed by atoms with Gasteiger partial charge in [0.2, 0.25) is 0 Å². The van der Waals surface area contributed by atoms with Crippen LogP contribution in [0.25, 0.3) is 10.2 Å². The Kier molecular flexibility index (Phi) is 6.73. The zero-order chi connectivity index (χ0) is 21.8. The number of H-pyrrole nitrogens is 1. The van der Waals surface area contributed by atoms with Crippen molar-refractivity contribution in [3.63, 3.8) is 0 Å². The average molecular weight is 431 g/mol. The molecule has 3 aromatic rings. The lowest BCUT2D eigenvalue weighted by Crippen LogP contribution is -2.25. The maximum absolute atomic E-state index is 12.7. The van der Waals surface area contributed by atoms with Crippen molar-refractivity contribution in [1.29, 1.82) is 0 Å². The van der Waals surface area contributed by atoms with Crippen molar-refractivity contribution in [3.05, 3.63) is 50.4 Å². The molecule has 2 aromatic heterocycles. The predicted octanol–water partition coefficient (Wildman–Crippen LogP) is 2.34. The molecule has 9 heteroatoms. The molecular formula is C21H26N4O4S. The van der Waals surface area contributed by atoms with E-state index in [9.17, 15) is 9.59 Å². The zero-order valence-electron chi connectivity index (χ0n) is 17.8. The number of nitrogens with one attached hydrogen (secondary N) is 2. The van der Waals surface area contributed by atoms with Crippen molar-refractivity contribution in [2.24, 2.45) is 0 Å². The normalized spacial score (nSPS) is 11.1. The Morgan fingerprint density at radius 3 is 2.63 bits per heavy atom. The second-order valence-corrected chi connectivity index (χ2v) is 8.18. The first kappa shape index (κ1) is 21.8. The Morgan fingerprint density at radius 1 is 1.23 bits per heavy atom. The van der Waals surface area contributed by atoms with Gasteiger partial charge in [0.15, 0.2) is 11.5 Å². The SMILES string of the molecule is COc1ccc(CCNC(=O)c2sc3nc(CN(C)C)[nH]c(=O)c3c2C)cc1OC. The lowest BCUT2D eigenvalue weighted by molar-refractivity contribution is 0.0957. The van der Waals surface area contributed by atoms with Gasteiger partial charge in [-0.25, -0.2) is 4.98 Å². The van der Waals surface area contributed by atoms with Gasteiger partial charge in [-0.1, -0.05) is 6.07 Å². The number of fused-ring (bicyclic) bond motifs is 1. The second-order valence-electron chi connectivity index (χ2n) is 7.18. The summed E-state index contributed by atoms with van der Waals surface area (Å²) in [6.45, 7) is 2.76. The quantitative estimate of drug-likeness (QED) is 0.569. The minimum Gasteiger partial charge on any atom is -0.493 e. The van der Waals surface area contributed by atoms with Crippen molar-refractivity contribution >= 4 is 27.5 Å². The number of amides is 1. The van der Waals surface area contributed by atoms with Gasteiger partial charge < -0.3 is 24.7 Å². The summed E-state index contributed by atoms with van der Waals surface area (Å²) in [6, 6.07) is 5.68. The maximum atomic E-state index is 12.7. The molecule has 0 unspecified atom stereocenters. The minimum atomic E-state index is -0.213. The third-order valence-electron chi connectivity index (χ3n) is 4.67. The van der Waals surface area contributed by atoms with Gasteiger partial charge in [-0.05, 0) is 50.7 Å². The molecule has 0 bridgehead atoms. The summed E-state index contributed by atoms with van der Waals surface area (Å²) in [4.78, 5) is 35.6. The van der Waals surface area contributed by atoms with Gasteiger partial charge in [0.25, 0.3) is 11.5 Å². The number of carbonyl (C=O) groups excluding carboxylic acids is 1. The number of aryl methyl sites for hydroxylation is 1. The topological polar surface area (TPSA) is 96.5 Å². The molecule has 30 heavy (non-hydrogen) atoms. The minimum absolute atomic E-state index is 0.204. The maximum Gasteiger partial charge on any atom is 0.261 e. The molecular weight excluding hydrogens is 404 g/mol. The largest absolute Gasteiger partial charge is 0.493 e. The Hall–Kier alpha value is -2.91. The number of methoxy groups -OCH3 is 2. The molecule has 1 amide bonds. The standard InChI is InChI=1S/C21H26N4O4S/c1-12-17-19(26)23-16(11-25(2)3)24-21(17)30-18(12)20(27)22-9-8-13-6-7-14(28-4)15(10-13)29-5/h6-7,10H,8-9,11H2,1-5H3,(H,22,27)(H,23,24,26). The average Bonchev–Trinajstić information content (AvgIpc) is 3.04. The van der Waals surface area contributed by atoms with Gasteiger partial charge in [0.1, 0.15) is 10.7 Å². The van der Waals surface area contributed by atoms with E-state index in [1.807, 2.05) is 37.2 Å². The smallest absolute Gasteiger partial charge is 0.261 e. The van der Waals surface area contributed by atoms with Crippen molar-refractivity contribution in [2.75, 3.05) is 34.9 Å². The molecule has 0 aliphatic rings. The molecule has 0 spiro atoms. The first-order chi connectivity index (χ1) is 14.3. The number of rotatable bonds is 8. The van der Waals surface area contributed by atoms with Crippen LogP contribution >= 0.6 is 11.3 Å². The van der Waals surface area contributed by atoms with Crippen LogP contribution in [-0.4, -0.2) is 55.6 Å². The highest BCUT2D eigenvalue weighted by atomic mass is 32.1. The number of thiophene rings is 1. The van der Waals surface area contributed by atoms with Crippen molar-refractivity contribution in [1.82, 2.24) is 20.2 Å². The number of hydrogen-bond acceptors (Lipinski definition) is 7. The van der Waals surface area contributed by atoms with Crippen LogP contribution in [0.2, 0.25) is 0 Å².